The standard InChI is InChI=1S/C19H25NS/c1-2-3-6-13-21-15-16-9-11-17(12-10-16)19-8-5-4-7-18(19)14-20/h4-5,7-12H,2-3,6,13-15,20H2,1H3. The summed E-state index contributed by atoms with van der Waals surface area (Å²) in [5.41, 5.74) is 10.9. The number of nitrogens with two attached hydrogens (primary N) is 1. The Morgan fingerprint density at radius 1 is 0.952 bits per heavy atom. The maximum absolute atomic E-state index is 5.82. The van der Waals surface area contributed by atoms with Gasteiger partial charge in [-0.15, -0.1) is 0 Å². The van der Waals surface area contributed by atoms with Gasteiger partial charge in [-0.05, 0) is 34.4 Å². The monoisotopic (exact) mass is 299 g/mol. The maximum atomic E-state index is 5.82. The largest absolute Gasteiger partial charge is 0.326 e. The first-order chi connectivity index (χ1) is 10.3. The summed E-state index contributed by atoms with van der Waals surface area (Å²) in [5, 5.41) is 0. The summed E-state index contributed by atoms with van der Waals surface area (Å²) in [5.74, 6) is 2.38. The molecule has 0 aliphatic carbocycles. The third-order valence-electron chi connectivity index (χ3n) is 3.66. The number of thioether (sulfide) groups is 1. The van der Waals surface area contributed by atoms with E-state index in [9.17, 15) is 0 Å². The molecule has 0 spiro atoms. The molecule has 0 amide bonds. The normalized spacial score (nSPS) is 10.8. The van der Waals surface area contributed by atoms with Crippen LogP contribution in [0.1, 0.15) is 37.3 Å². The molecule has 2 rings (SSSR count). The second kappa shape index (κ2) is 8.91. The van der Waals surface area contributed by atoms with E-state index in [-0.39, 0.29) is 0 Å². The summed E-state index contributed by atoms with van der Waals surface area (Å²) in [6, 6.07) is 17.3. The fourth-order valence-corrected chi connectivity index (χ4v) is 3.39. The highest BCUT2D eigenvalue weighted by Crippen LogP contribution is 2.25. The van der Waals surface area contributed by atoms with Crippen LogP contribution in [0, 0.1) is 0 Å². The van der Waals surface area contributed by atoms with Gasteiger partial charge < -0.3 is 5.73 Å². The van der Waals surface area contributed by atoms with Crippen molar-refractivity contribution < 1.29 is 0 Å². The molecule has 2 aromatic rings. The lowest BCUT2D eigenvalue weighted by Crippen LogP contribution is -1.98. The Labute approximate surface area is 133 Å². The third kappa shape index (κ3) is 4.90. The summed E-state index contributed by atoms with van der Waals surface area (Å²) >= 11 is 2.04. The molecule has 1 nitrogen and oxygen atoms in total. The van der Waals surface area contributed by atoms with E-state index in [2.05, 4.69) is 49.4 Å². The highest BCUT2D eigenvalue weighted by Gasteiger charge is 2.03. The highest BCUT2D eigenvalue weighted by molar-refractivity contribution is 7.98. The molecule has 0 saturated heterocycles. The van der Waals surface area contributed by atoms with E-state index in [4.69, 9.17) is 5.73 Å². The van der Waals surface area contributed by atoms with E-state index in [1.54, 1.807) is 0 Å². The molecule has 2 aromatic carbocycles. The molecule has 0 saturated carbocycles. The van der Waals surface area contributed by atoms with Gasteiger partial charge in [-0.3, -0.25) is 0 Å². The lowest BCUT2D eigenvalue weighted by atomic mass is 9.99. The SMILES string of the molecule is CCCCCSCc1ccc(-c2ccccc2CN)cc1. The first-order valence-corrected chi connectivity index (χ1v) is 8.95. The molecule has 112 valence electrons. The van der Waals surface area contributed by atoms with Crippen molar-refractivity contribution in [2.45, 2.75) is 38.5 Å². The number of hydrogen-bond donors (Lipinski definition) is 1. The summed E-state index contributed by atoms with van der Waals surface area (Å²) < 4.78 is 0. The van der Waals surface area contributed by atoms with Crippen molar-refractivity contribution in [1.29, 1.82) is 0 Å². The molecular formula is C19H25NS. The molecule has 0 aromatic heterocycles. The van der Waals surface area contributed by atoms with Crippen molar-refractivity contribution in [2.24, 2.45) is 5.73 Å². The zero-order valence-corrected chi connectivity index (χ0v) is 13.7. The van der Waals surface area contributed by atoms with Gasteiger partial charge in [-0.2, -0.15) is 11.8 Å². The summed E-state index contributed by atoms with van der Waals surface area (Å²) in [6.45, 7) is 2.84. The molecule has 2 heteroatoms. The smallest absolute Gasteiger partial charge is 0.0184 e. The predicted molar refractivity (Wildman–Crippen MR) is 95.5 cm³/mol. The average molecular weight is 299 g/mol. The van der Waals surface area contributed by atoms with Gasteiger partial charge >= 0.3 is 0 Å². The van der Waals surface area contributed by atoms with Crippen molar-refractivity contribution in [1.82, 2.24) is 0 Å². The van der Waals surface area contributed by atoms with Gasteiger partial charge in [0.1, 0.15) is 0 Å². The van der Waals surface area contributed by atoms with Crippen LogP contribution >= 0.6 is 11.8 Å². The van der Waals surface area contributed by atoms with Gasteiger partial charge in [0.05, 0.1) is 0 Å². The number of rotatable bonds is 8. The summed E-state index contributed by atoms with van der Waals surface area (Å²) in [6.07, 6.45) is 3.99. The van der Waals surface area contributed by atoms with Crippen LogP contribution in [-0.2, 0) is 12.3 Å². The first kappa shape index (κ1) is 16.1. The number of hydrogen-bond acceptors (Lipinski definition) is 2. The fourth-order valence-electron chi connectivity index (χ4n) is 2.40. The molecule has 0 unspecified atom stereocenters. The van der Waals surface area contributed by atoms with Crippen molar-refractivity contribution in [2.75, 3.05) is 5.75 Å². The van der Waals surface area contributed by atoms with E-state index in [1.807, 2.05) is 17.8 Å². The van der Waals surface area contributed by atoms with Gasteiger partial charge in [0.15, 0.2) is 0 Å². The van der Waals surface area contributed by atoms with Crippen LogP contribution in [-0.4, -0.2) is 5.75 Å². The van der Waals surface area contributed by atoms with Crippen LogP contribution in [0.15, 0.2) is 48.5 Å². The Kier molecular flexibility index (Phi) is 6.84. The van der Waals surface area contributed by atoms with E-state index in [0.717, 1.165) is 5.75 Å². The third-order valence-corrected chi connectivity index (χ3v) is 4.78. The van der Waals surface area contributed by atoms with Gasteiger partial charge in [-0.1, -0.05) is 68.3 Å². The molecular weight excluding hydrogens is 274 g/mol. The first-order valence-electron chi connectivity index (χ1n) is 7.80. The number of benzene rings is 2. The second-order valence-corrected chi connectivity index (χ2v) is 6.42. The Balaban J connectivity index is 1.95. The molecule has 21 heavy (non-hydrogen) atoms. The lowest BCUT2D eigenvalue weighted by Gasteiger charge is -2.09. The van der Waals surface area contributed by atoms with E-state index in [1.165, 1.54) is 47.3 Å². The van der Waals surface area contributed by atoms with Crippen molar-refractivity contribution in [3.05, 3.63) is 59.7 Å². The van der Waals surface area contributed by atoms with Crippen LogP contribution in [0.25, 0.3) is 11.1 Å². The van der Waals surface area contributed by atoms with Crippen molar-refractivity contribution >= 4 is 11.8 Å². The van der Waals surface area contributed by atoms with Crippen LogP contribution in [0.4, 0.5) is 0 Å². The van der Waals surface area contributed by atoms with E-state index in [0.29, 0.717) is 6.54 Å². The predicted octanol–water partition coefficient (Wildman–Crippen LogP) is 5.24. The van der Waals surface area contributed by atoms with Crippen LogP contribution in [0.5, 0.6) is 0 Å². The zero-order chi connectivity index (χ0) is 14.9. The molecule has 0 aliphatic heterocycles. The topological polar surface area (TPSA) is 26.0 Å². The maximum Gasteiger partial charge on any atom is 0.0184 e. The zero-order valence-electron chi connectivity index (χ0n) is 12.8. The molecule has 0 atom stereocenters. The minimum Gasteiger partial charge on any atom is -0.326 e. The van der Waals surface area contributed by atoms with Crippen LogP contribution in [0.2, 0.25) is 0 Å². The van der Waals surface area contributed by atoms with Gasteiger partial charge in [0.25, 0.3) is 0 Å². The average Bonchev–Trinajstić information content (AvgIpc) is 2.55. The van der Waals surface area contributed by atoms with Gasteiger partial charge in [-0.25, -0.2) is 0 Å². The minimum absolute atomic E-state index is 0.588. The van der Waals surface area contributed by atoms with Crippen LogP contribution in [0.3, 0.4) is 0 Å². The van der Waals surface area contributed by atoms with Crippen molar-refractivity contribution in [3.8, 4) is 11.1 Å². The Bertz CT molecular complexity index is 534. The summed E-state index contributed by atoms with van der Waals surface area (Å²) in [7, 11) is 0. The second-order valence-electron chi connectivity index (χ2n) is 5.32. The molecule has 0 aliphatic rings. The fraction of sp³-hybridized carbons (Fsp3) is 0.368. The molecule has 0 radical (unpaired) electrons. The van der Waals surface area contributed by atoms with E-state index < -0.39 is 0 Å². The molecule has 0 heterocycles. The molecule has 0 fully saturated rings. The van der Waals surface area contributed by atoms with Gasteiger partial charge in [0, 0.05) is 12.3 Å². The minimum atomic E-state index is 0.588. The molecule has 0 bridgehead atoms. The molecule has 2 N–H and O–H groups in total. The van der Waals surface area contributed by atoms with Crippen molar-refractivity contribution in [3.63, 3.8) is 0 Å². The Hall–Kier alpha value is -1.25. The van der Waals surface area contributed by atoms with Gasteiger partial charge in [0.2, 0.25) is 0 Å². The summed E-state index contributed by atoms with van der Waals surface area (Å²) in [4.78, 5) is 0. The van der Waals surface area contributed by atoms with E-state index >= 15 is 0 Å². The Morgan fingerprint density at radius 2 is 1.71 bits per heavy atom. The van der Waals surface area contributed by atoms with Crippen LogP contribution < -0.4 is 5.73 Å². The highest BCUT2D eigenvalue weighted by atomic mass is 32.2. The quantitative estimate of drug-likeness (QED) is 0.675. The number of unbranched alkanes of at least 4 members (excludes halogenated alkanes) is 2. The Morgan fingerprint density at radius 3 is 2.43 bits per heavy atom. The lowest BCUT2D eigenvalue weighted by molar-refractivity contribution is 0.778.